The number of carboxylic acids is 1. The van der Waals surface area contributed by atoms with E-state index < -0.39 is 12.1 Å². The molecule has 6 heteroatoms. The summed E-state index contributed by atoms with van der Waals surface area (Å²) in [5.74, 6) is -0.323. The van der Waals surface area contributed by atoms with Gasteiger partial charge in [-0.25, -0.2) is 4.79 Å². The lowest BCUT2D eigenvalue weighted by Gasteiger charge is -2.18. The van der Waals surface area contributed by atoms with Crippen LogP contribution >= 0.6 is 15.9 Å². The topological polar surface area (TPSA) is 76.0 Å². The molecule has 1 aliphatic carbocycles. The summed E-state index contributed by atoms with van der Waals surface area (Å²) in [6.45, 7) is 0. The number of methoxy groups -OCH3 is 1. The molecular weight excluding hydrogens is 328 g/mol. The lowest BCUT2D eigenvalue weighted by molar-refractivity contribution is -0.146. The van der Waals surface area contributed by atoms with Gasteiger partial charge in [-0.1, -0.05) is 0 Å². The minimum atomic E-state index is -1.58. The Morgan fingerprint density at radius 1 is 1.40 bits per heavy atom. The molecule has 0 saturated heterocycles. The van der Waals surface area contributed by atoms with Crippen molar-refractivity contribution in [2.24, 2.45) is 0 Å². The molecule has 1 aliphatic rings. The van der Waals surface area contributed by atoms with E-state index in [1.165, 1.54) is 19.2 Å². The maximum atomic E-state index is 10.9. The van der Waals surface area contributed by atoms with Crippen LogP contribution in [0.1, 0.15) is 37.4 Å². The fourth-order valence-corrected chi connectivity index (χ4v) is 2.98. The number of aliphatic carboxylic acids is 1. The van der Waals surface area contributed by atoms with Crippen LogP contribution in [0, 0.1) is 0 Å². The summed E-state index contributed by atoms with van der Waals surface area (Å²) in [5.41, 5.74) is 0.262. The predicted molar refractivity (Wildman–Crippen MR) is 76.2 cm³/mol. The zero-order valence-electron chi connectivity index (χ0n) is 11.1. The van der Waals surface area contributed by atoms with Crippen LogP contribution in [-0.2, 0) is 4.79 Å². The first-order chi connectivity index (χ1) is 9.52. The Hall–Kier alpha value is -1.27. The number of aliphatic hydroxyl groups is 1. The van der Waals surface area contributed by atoms with Crippen LogP contribution in [0.4, 0.5) is 0 Å². The lowest BCUT2D eigenvalue weighted by atomic mass is 10.1. The third-order valence-electron chi connectivity index (χ3n) is 3.38. The molecule has 1 unspecified atom stereocenters. The van der Waals surface area contributed by atoms with E-state index in [1.54, 1.807) is 0 Å². The van der Waals surface area contributed by atoms with E-state index in [-0.39, 0.29) is 11.7 Å². The molecule has 0 bridgehead atoms. The van der Waals surface area contributed by atoms with E-state index in [9.17, 15) is 9.90 Å². The summed E-state index contributed by atoms with van der Waals surface area (Å²) >= 11 is 3.32. The zero-order valence-corrected chi connectivity index (χ0v) is 12.7. The van der Waals surface area contributed by atoms with Gasteiger partial charge in [-0.2, -0.15) is 0 Å². The molecule has 1 aromatic rings. The van der Waals surface area contributed by atoms with Crippen LogP contribution in [0.3, 0.4) is 0 Å². The minimum Gasteiger partial charge on any atom is -0.492 e. The van der Waals surface area contributed by atoms with Crippen molar-refractivity contribution in [1.82, 2.24) is 0 Å². The number of rotatable bonds is 5. The standard InChI is InChI=1S/C14H17BrO5/c1-19-13-10(15)6-8(12(16)14(17)18)7-11(13)20-9-4-2-3-5-9/h6-7,9,12,16H,2-5H2,1H3,(H,17,18). The van der Waals surface area contributed by atoms with Crippen LogP contribution in [0.5, 0.6) is 11.5 Å². The molecule has 0 aromatic heterocycles. The van der Waals surface area contributed by atoms with Gasteiger partial charge in [0.1, 0.15) is 0 Å². The molecule has 2 rings (SSSR count). The third kappa shape index (κ3) is 3.24. The molecular formula is C14H17BrO5. The maximum Gasteiger partial charge on any atom is 0.337 e. The monoisotopic (exact) mass is 344 g/mol. The molecule has 5 nitrogen and oxygen atoms in total. The summed E-state index contributed by atoms with van der Waals surface area (Å²) < 4.78 is 11.7. The van der Waals surface area contributed by atoms with E-state index in [4.69, 9.17) is 14.6 Å². The highest BCUT2D eigenvalue weighted by Crippen LogP contribution is 2.40. The van der Waals surface area contributed by atoms with Crippen molar-refractivity contribution in [3.05, 3.63) is 22.2 Å². The van der Waals surface area contributed by atoms with Crippen molar-refractivity contribution < 1.29 is 24.5 Å². The number of hydrogen-bond acceptors (Lipinski definition) is 4. The second-order valence-electron chi connectivity index (χ2n) is 4.80. The molecule has 2 N–H and O–H groups in total. The molecule has 0 aliphatic heterocycles. The molecule has 1 saturated carbocycles. The molecule has 1 fully saturated rings. The third-order valence-corrected chi connectivity index (χ3v) is 3.97. The van der Waals surface area contributed by atoms with Gasteiger partial charge in [0.05, 0.1) is 17.7 Å². The number of aliphatic hydroxyl groups excluding tert-OH is 1. The van der Waals surface area contributed by atoms with E-state index in [2.05, 4.69) is 15.9 Å². The van der Waals surface area contributed by atoms with E-state index >= 15 is 0 Å². The lowest BCUT2D eigenvalue weighted by Crippen LogP contribution is -2.14. The van der Waals surface area contributed by atoms with Crippen molar-refractivity contribution in [3.63, 3.8) is 0 Å². The SMILES string of the molecule is COc1c(Br)cc(C(O)C(=O)O)cc1OC1CCCC1. The Morgan fingerprint density at radius 3 is 2.60 bits per heavy atom. The molecule has 0 spiro atoms. The summed E-state index contributed by atoms with van der Waals surface area (Å²) in [7, 11) is 1.52. The minimum absolute atomic E-state index is 0.119. The fraction of sp³-hybridized carbons (Fsp3) is 0.500. The molecule has 0 heterocycles. The molecule has 1 aromatic carbocycles. The van der Waals surface area contributed by atoms with E-state index in [0.717, 1.165) is 25.7 Å². The summed E-state index contributed by atoms with van der Waals surface area (Å²) in [5, 5.41) is 18.5. The summed E-state index contributed by atoms with van der Waals surface area (Å²) in [4.78, 5) is 10.9. The Kier molecular flexibility index (Phi) is 4.88. The normalized spacial score (nSPS) is 16.9. The first kappa shape index (κ1) is 15.1. The van der Waals surface area contributed by atoms with Gasteiger partial charge in [0.25, 0.3) is 0 Å². The number of ether oxygens (including phenoxy) is 2. The average Bonchev–Trinajstić information content (AvgIpc) is 2.90. The van der Waals surface area contributed by atoms with Gasteiger partial charge in [0.2, 0.25) is 0 Å². The number of halogens is 1. The second kappa shape index (κ2) is 6.45. The summed E-state index contributed by atoms with van der Waals surface area (Å²) in [6, 6.07) is 3.06. The van der Waals surface area contributed by atoms with Gasteiger partial charge < -0.3 is 19.7 Å². The van der Waals surface area contributed by atoms with Crippen molar-refractivity contribution in [2.45, 2.75) is 37.9 Å². The summed E-state index contributed by atoms with van der Waals surface area (Å²) in [6.07, 6.45) is 2.76. The van der Waals surface area contributed by atoms with Crippen LogP contribution in [0.25, 0.3) is 0 Å². The molecule has 110 valence electrons. The highest BCUT2D eigenvalue weighted by atomic mass is 79.9. The van der Waals surface area contributed by atoms with Gasteiger partial charge >= 0.3 is 5.97 Å². The second-order valence-corrected chi connectivity index (χ2v) is 5.65. The van der Waals surface area contributed by atoms with Gasteiger partial charge in [-0.05, 0) is 59.3 Å². The number of benzene rings is 1. The van der Waals surface area contributed by atoms with Crippen LogP contribution in [-0.4, -0.2) is 29.4 Å². The smallest absolute Gasteiger partial charge is 0.337 e. The Balaban J connectivity index is 2.33. The Bertz CT molecular complexity index is 497. The first-order valence-electron chi connectivity index (χ1n) is 6.48. The average molecular weight is 345 g/mol. The number of hydrogen-bond donors (Lipinski definition) is 2. The zero-order chi connectivity index (χ0) is 14.7. The quantitative estimate of drug-likeness (QED) is 0.858. The highest BCUT2D eigenvalue weighted by Gasteiger charge is 2.23. The molecule has 1 atom stereocenters. The predicted octanol–water partition coefficient (Wildman–Crippen LogP) is 2.90. The van der Waals surface area contributed by atoms with Crippen molar-refractivity contribution >= 4 is 21.9 Å². The highest BCUT2D eigenvalue weighted by molar-refractivity contribution is 9.10. The van der Waals surface area contributed by atoms with E-state index in [1.807, 2.05) is 0 Å². The van der Waals surface area contributed by atoms with E-state index in [0.29, 0.717) is 16.0 Å². The Labute approximate surface area is 125 Å². The number of carbonyl (C=O) groups is 1. The van der Waals surface area contributed by atoms with Crippen LogP contribution in [0.15, 0.2) is 16.6 Å². The largest absolute Gasteiger partial charge is 0.492 e. The van der Waals surface area contributed by atoms with Crippen molar-refractivity contribution in [1.29, 1.82) is 0 Å². The number of carboxylic acid groups (broad SMARTS) is 1. The fourth-order valence-electron chi connectivity index (χ4n) is 2.36. The Morgan fingerprint density at radius 2 is 2.05 bits per heavy atom. The molecule has 0 radical (unpaired) electrons. The molecule has 0 amide bonds. The van der Waals surface area contributed by atoms with Crippen LogP contribution in [0.2, 0.25) is 0 Å². The van der Waals surface area contributed by atoms with Gasteiger partial charge in [-0.3, -0.25) is 0 Å². The van der Waals surface area contributed by atoms with Gasteiger partial charge in [0, 0.05) is 0 Å². The molecule has 20 heavy (non-hydrogen) atoms. The van der Waals surface area contributed by atoms with Crippen molar-refractivity contribution in [3.8, 4) is 11.5 Å². The first-order valence-corrected chi connectivity index (χ1v) is 7.27. The van der Waals surface area contributed by atoms with Crippen LogP contribution < -0.4 is 9.47 Å². The van der Waals surface area contributed by atoms with Gasteiger partial charge in [-0.15, -0.1) is 0 Å². The van der Waals surface area contributed by atoms with Crippen molar-refractivity contribution in [2.75, 3.05) is 7.11 Å². The van der Waals surface area contributed by atoms with Gasteiger partial charge in [0.15, 0.2) is 17.6 Å². The maximum absolute atomic E-state index is 10.9.